The van der Waals surface area contributed by atoms with Gasteiger partial charge in [-0.25, -0.2) is 9.97 Å². The smallest absolute Gasteiger partial charge is 0.255 e. The summed E-state index contributed by atoms with van der Waals surface area (Å²) in [6.07, 6.45) is 2.55. The van der Waals surface area contributed by atoms with Crippen LogP contribution < -0.4 is 16.6 Å². The highest BCUT2D eigenvalue weighted by molar-refractivity contribution is 5.96. The van der Waals surface area contributed by atoms with E-state index in [1.165, 1.54) is 0 Å². The summed E-state index contributed by atoms with van der Waals surface area (Å²) in [6, 6.07) is 2.57. The molecule has 0 aromatic carbocycles. The van der Waals surface area contributed by atoms with E-state index in [1.807, 2.05) is 18.5 Å². The molecule has 0 aliphatic carbocycles. The summed E-state index contributed by atoms with van der Waals surface area (Å²) in [5.41, 5.74) is 14.3. The third-order valence-electron chi connectivity index (χ3n) is 5.15. The van der Waals surface area contributed by atoms with Gasteiger partial charge in [0.25, 0.3) is 5.91 Å². The number of aryl methyl sites for hydroxylation is 1. The summed E-state index contributed by atoms with van der Waals surface area (Å²) in [4.78, 5) is 23.2. The number of nitrogens with zero attached hydrogens (tertiary/aromatic N) is 4. The van der Waals surface area contributed by atoms with E-state index in [-0.39, 0.29) is 5.91 Å². The lowest BCUT2D eigenvalue weighted by atomic mass is 9.93. The molecule has 1 amide bonds. The first kappa shape index (κ1) is 17.6. The summed E-state index contributed by atoms with van der Waals surface area (Å²) in [7, 11) is 1.83. The highest BCUT2D eigenvalue weighted by atomic mass is 16.2. The summed E-state index contributed by atoms with van der Waals surface area (Å²) < 4.78 is 1.83. The average Bonchev–Trinajstić information content (AvgIpc) is 3.09. The molecule has 1 aliphatic rings. The molecule has 2 aromatic heterocycles. The van der Waals surface area contributed by atoms with E-state index in [0.29, 0.717) is 53.8 Å². The molecule has 136 valence electrons. The SMILES string of the molecule is CCn1c(N)nc2cc(C(=O)N(C)CCC3C(C)NNC3C)cnc21. The topological polar surface area (TPSA) is 101 Å². The fourth-order valence-corrected chi connectivity index (χ4v) is 3.53. The van der Waals surface area contributed by atoms with Gasteiger partial charge in [0, 0.05) is 38.4 Å². The second kappa shape index (κ2) is 6.97. The molecular formula is C17H27N7O. The fourth-order valence-electron chi connectivity index (χ4n) is 3.53. The number of pyridine rings is 1. The van der Waals surface area contributed by atoms with Gasteiger partial charge in [-0.3, -0.25) is 20.2 Å². The minimum absolute atomic E-state index is 0.0433. The van der Waals surface area contributed by atoms with Crippen LogP contribution in [0.15, 0.2) is 12.3 Å². The Morgan fingerprint density at radius 3 is 2.68 bits per heavy atom. The molecule has 2 aromatic rings. The van der Waals surface area contributed by atoms with Crippen molar-refractivity contribution in [3.05, 3.63) is 17.8 Å². The third-order valence-corrected chi connectivity index (χ3v) is 5.15. The number of hydrazine groups is 1. The van der Waals surface area contributed by atoms with Crippen LogP contribution in [0.1, 0.15) is 37.6 Å². The highest BCUT2D eigenvalue weighted by Crippen LogP contribution is 2.20. The van der Waals surface area contributed by atoms with Crippen LogP contribution in [0.25, 0.3) is 11.2 Å². The lowest BCUT2D eigenvalue weighted by Gasteiger charge is -2.22. The molecule has 3 rings (SSSR count). The van der Waals surface area contributed by atoms with Crippen LogP contribution in [0.4, 0.5) is 5.95 Å². The zero-order valence-electron chi connectivity index (χ0n) is 15.3. The van der Waals surface area contributed by atoms with E-state index >= 15 is 0 Å². The predicted molar refractivity (Wildman–Crippen MR) is 97.9 cm³/mol. The molecule has 0 spiro atoms. The van der Waals surface area contributed by atoms with E-state index < -0.39 is 0 Å². The zero-order valence-corrected chi connectivity index (χ0v) is 15.3. The number of anilines is 1. The van der Waals surface area contributed by atoms with Gasteiger partial charge in [-0.1, -0.05) is 0 Å². The van der Waals surface area contributed by atoms with E-state index in [2.05, 4.69) is 34.7 Å². The van der Waals surface area contributed by atoms with Crippen LogP contribution in [-0.2, 0) is 6.54 Å². The van der Waals surface area contributed by atoms with Crippen molar-refractivity contribution >= 4 is 23.0 Å². The Kier molecular flexibility index (Phi) is 4.91. The number of amides is 1. The van der Waals surface area contributed by atoms with Crippen LogP contribution in [0.3, 0.4) is 0 Å². The number of imidazole rings is 1. The Morgan fingerprint density at radius 1 is 1.36 bits per heavy atom. The molecule has 0 radical (unpaired) electrons. The molecular weight excluding hydrogens is 318 g/mol. The van der Waals surface area contributed by atoms with Crippen LogP contribution in [0.2, 0.25) is 0 Å². The van der Waals surface area contributed by atoms with Gasteiger partial charge >= 0.3 is 0 Å². The molecule has 0 saturated carbocycles. The number of nitrogens with one attached hydrogen (secondary N) is 2. The summed E-state index contributed by atoms with van der Waals surface area (Å²) in [5, 5.41) is 0. The lowest BCUT2D eigenvalue weighted by Crippen LogP contribution is -2.32. The van der Waals surface area contributed by atoms with E-state index in [0.717, 1.165) is 6.42 Å². The largest absolute Gasteiger partial charge is 0.369 e. The van der Waals surface area contributed by atoms with Gasteiger partial charge in [0.15, 0.2) is 5.65 Å². The highest BCUT2D eigenvalue weighted by Gasteiger charge is 2.30. The average molecular weight is 345 g/mol. The van der Waals surface area contributed by atoms with Gasteiger partial charge in [-0.2, -0.15) is 0 Å². The minimum atomic E-state index is -0.0433. The quantitative estimate of drug-likeness (QED) is 0.747. The third kappa shape index (κ3) is 3.32. The first-order chi connectivity index (χ1) is 11.9. The van der Waals surface area contributed by atoms with Gasteiger partial charge in [0.1, 0.15) is 5.52 Å². The maximum absolute atomic E-state index is 12.7. The Balaban J connectivity index is 1.70. The molecule has 4 N–H and O–H groups in total. The summed E-state index contributed by atoms with van der Waals surface area (Å²) >= 11 is 0. The number of fused-ring (bicyclic) bond motifs is 1. The molecule has 8 nitrogen and oxygen atoms in total. The van der Waals surface area contributed by atoms with Crippen molar-refractivity contribution in [3.8, 4) is 0 Å². The second-order valence-electron chi connectivity index (χ2n) is 6.83. The maximum Gasteiger partial charge on any atom is 0.255 e. The van der Waals surface area contributed by atoms with Crippen molar-refractivity contribution in [2.75, 3.05) is 19.3 Å². The Hall–Kier alpha value is -2.19. The van der Waals surface area contributed by atoms with Crippen molar-refractivity contribution < 1.29 is 4.79 Å². The predicted octanol–water partition coefficient (Wildman–Crippen LogP) is 0.997. The van der Waals surface area contributed by atoms with Crippen molar-refractivity contribution in [1.82, 2.24) is 30.3 Å². The molecule has 1 fully saturated rings. The minimum Gasteiger partial charge on any atom is -0.369 e. The molecule has 1 aliphatic heterocycles. The van der Waals surface area contributed by atoms with E-state index in [4.69, 9.17) is 5.73 Å². The van der Waals surface area contributed by atoms with Crippen LogP contribution in [-0.4, -0.2) is 51.0 Å². The van der Waals surface area contributed by atoms with Gasteiger partial charge in [0.05, 0.1) is 5.56 Å². The number of carbonyl (C=O) groups is 1. The Morgan fingerprint density at radius 2 is 2.04 bits per heavy atom. The molecule has 1 saturated heterocycles. The molecule has 2 atom stereocenters. The van der Waals surface area contributed by atoms with Gasteiger partial charge < -0.3 is 10.6 Å². The number of carbonyl (C=O) groups excluding carboxylic acids is 1. The number of nitrogens with two attached hydrogens (primary N) is 1. The summed E-state index contributed by atoms with van der Waals surface area (Å²) in [5.74, 6) is 0.876. The molecule has 8 heteroatoms. The standard InChI is InChI=1S/C17H27N7O/c1-5-24-15-14(20-17(24)18)8-12(9-19-15)16(25)23(4)7-6-13-10(2)21-22-11(13)3/h8-11,13,21-22H,5-7H2,1-4H3,(H2,18,20). The van der Waals surface area contributed by atoms with Crippen molar-refractivity contribution in [3.63, 3.8) is 0 Å². The van der Waals surface area contributed by atoms with Gasteiger partial charge in [-0.15, -0.1) is 0 Å². The fraction of sp³-hybridized carbons (Fsp3) is 0.588. The zero-order chi connectivity index (χ0) is 18.1. The first-order valence-electron chi connectivity index (χ1n) is 8.80. The maximum atomic E-state index is 12.7. The number of aromatic nitrogens is 3. The lowest BCUT2D eigenvalue weighted by molar-refractivity contribution is 0.0785. The van der Waals surface area contributed by atoms with Gasteiger partial charge in [-0.05, 0) is 39.2 Å². The molecule has 3 heterocycles. The summed E-state index contributed by atoms with van der Waals surface area (Å²) in [6.45, 7) is 7.71. The van der Waals surface area contributed by atoms with E-state index in [1.54, 1.807) is 17.2 Å². The van der Waals surface area contributed by atoms with Crippen LogP contribution in [0.5, 0.6) is 0 Å². The number of rotatable bonds is 5. The molecule has 25 heavy (non-hydrogen) atoms. The van der Waals surface area contributed by atoms with Crippen LogP contribution in [0, 0.1) is 5.92 Å². The van der Waals surface area contributed by atoms with E-state index in [9.17, 15) is 4.79 Å². The molecule has 0 bridgehead atoms. The van der Waals surface area contributed by atoms with Gasteiger partial charge in [0.2, 0.25) is 5.95 Å². The normalized spacial score (nSPS) is 23.3. The van der Waals surface area contributed by atoms with Crippen molar-refractivity contribution in [1.29, 1.82) is 0 Å². The Bertz CT molecular complexity index is 762. The second-order valence-corrected chi connectivity index (χ2v) is 6.83. The van der Waals surface area contributed by atoms with Crippen molar-refractivity contribution in [2.45, 2.75) is 45.8 Å². The Labute approximate surface area is 147 Å². The molecule has 2 unspecified atom stereocenters. The first-order valence-corrected chi connectivity index (χ1v) is 8.80. The number of hydrogen-bond acceptors (Lipinski definition) is 6. The van der Waals surface area contributed by atoms with Crippen molar-refractivity contribution in [2.24, 2.45) is 5.92 Å². The number of nitrogen functional groups attached to an aromatic ring is 1. The monoisotopic (exact) mass is 345 g/mol. The van der Waals surface area contributed by atoms with Crippen LogP contribution >= 0.6 is 0 Å². The number of hydrogen-bond donors (Lipinski definition) is 3.